The molecule has 0 spiro atoms. The molecule has 0 aliphatic heterocycles. The molecular weight excluding hydrogens is 386 g/mol. The molecule has 3 rings (SSSR count). The molecule has 0 unspecified atom stereocenters. The molecule has 0 bridgehead atoms. The minimum absolute atomic E-state index is 0.0185. The molecule has 1 heterocycles. The number of hydrogen-bond donors (Lipinski definition) is 1. The van der Waals surface area contributed by atoms with Crippen LogP contribution in [-0.4, -0.2) is 25.1 Å². The van der Waals surface area contributed by atoms with Crippen molar-refractivity contribution >= 4 is 28.5 Å². The molecule has 0 atom stereocenters. The van der Waals surface area contributed by atoms with Crippen LogP contribution in [0, 0.1) is 11.3 Å². The number of hydrogen-bond acceptors (Lipinski definition) is 6. The third-order valence-electron chi connectivity index (χ3n) is 4.07. The molecule has 0 fully saturated rings. The molecule has 29 heavy (non-hydrogen) atoms. The summed E-state index contributed by atoms with van der Waals surface area (Å²) in [7, 11) is 3.17. The maximum absolute atomic E-state index is 12.5. The van der Waals surface area contributed by atoms with Gasteiger partial charge in [0.25, 0.3) is 5.91 Å². The van der Waals surface area contributed by atoms with Gasteiger partial charge in [-0.2, -0.15) is 5.26 Å². The van der Waals surface area contributed by atoms with Crippen molar-refractivity contribution in [1.82, 2.24) is 4.98 Å². The van der Waals surface area contributed by atoms with Crippen LogP contribution in [0.25, 0.3) is 17.3 Å². The molecule has 1 N–H and O–H groups in total. The van der Waals surface area contributed by atoms with Crippen LogP contribution in [0.15, 0.2) is 59.5 Å². The lowest BCUT2D eigenvalue weighted by Gasteiger charge is -2.08. The number of ether oxygens (including phenoxy) is 2. The van der Waals surface area contributed by atoms with E-state index in [1.807, 2.05) is 47.8 Å². The fourth-order valence-corrected chi connectivity index (χ4v) is 3.42. The zero-order chi connectivity index (χ0) is 20.6. The number of rotatable bonds is 7. The molecule has 7 heteroatoms. The summed E-state index contributed by atoms with van der Waals surface area (Å²) in [5.41, 5.74) is 3.24. The number of thiazole rings is 1. The number of benzene rings is 2. The highest BCUT2D eigenvalue weighted by Gasteiger charge is 2.13. The monoisotopic (exact) mass is 405 g/mol. The number of aromatic nitrogens is 1. The number of nitriles is 1. The van der Waals surface area contributed by atoms with Gasteiger partial charge in [0.1, 0.15) is 17.4 Å². The first-order valence-corrected chi connectivity index (χ1v) is 9.62. The third-order valence-corrected chi connectivity index (χ3v) is 4.83. The number of anilines is 1. The lowest BCUT2D eigenvalue weighted by molar-refractivity contribution is -0.112. The topological polar surface area (TPSA) is 84.2 Å². The zero-order valence-corrected chi connectivity index (χ0v) is 16.8. The average molecular weight is 405 g/mol. The van der Waals surface area contributed by atoms with E-state index in [1.165, 1.54) is 17.4 Å². The summed E-state index contributed by atoms with van der Waals surface area (Å²) in [5.74, 6) is 0.175. The van der Waals surface area contributed by atoms with E-state index in [9.17, 15) is 10.1 Å². The van der Waals surface area contributed by atoms with Gasteiger partial charge in [-0.1, -0.05) is 36.4 Å². The summed E-state index contributed by atoms with van der Waals surface area (Å²) < 4.78 is 10.5. The van der Waals surface area contributed by atoms with Gasteiger partial charge in [0, 0.05) is 23.6 Å². The molecule has 1 aromatic heterocycles. The zero-order valence-electron chi connectivity index (χ0n) is 16.0. The van der Waals surface area contributed by atoms with Gasteiger partial charge in [-0.05, 0) is 23.8 Å². The molecule has 6 nitrogen and oxygen atoms in total. The lowest BCUT2D eigenvalue weighted by atomic mass is 10.1. The first-order valence-electron chi connectivity index (χ1n) is 8.74. The van der Waals surface area contributed by atoms with Gasteiger partial charge in [0.15, 0.2) is 5.13 Å². The minimum Gasteiger partial charge on any atom is -0.496 e. The third kappa shape index (κ3) is 5.08. The normalized spacial score (nSPS) is 11.0. The van der Waals surface area contributed by atoms with E-state index in [1.54, 1.807) is 26.4 Å². The molecule has 3 aromatic rings. The van der Waals surface area contributed by atoms with Crippen LogP contribution >= 0.6 is 11.3 Å². The smallest absolute Gasteiger partial charge is 0.268 e. The molecular formula is C22H19N3O3S. The van der Waals surface area contributed by atoms with Gasteiger partial charge in [-0.25, -0.2) is 4.98 Å². The van der Waals surface area contributed by atoms with Gasteiger partial charge in [-0.3, -0.25) is 10.1 Å². The predicted octanol–water partition coefficient (Wildman–Crippen LogP) is 4.51. The Balaban J connectivity index is 1.78. The van der Waals surface area contributed by atoms with Gasteiger partial charge >= 0.3 is 0 Å². The second-order valence-corrected chi connectivity index (χ2v) is 6.89. The van der Waals surface area contributed by atoms with Crippen LogP contribution in [-0.2, 0) is 16.1 Å². The Hall–Kier alpha value is -3.47. The number of methoxy groups -OCH3 is 2. The quantitative estimate of drug-likeness (QED) is 0.462. The summed E-state index contributed by atoms with van der Waals surface area (Å²) in [6.45, 7) is 0.361. The van der Waals surface area contributed by atoms with Crippen molar-refractivity contribution in [2.75, 3.05) is 19.5 Å². The Bertz CT molecular complexity index is 1070. The van der Waals surface area contributed by atoms with E-state index in [0.717, 1.165) is 16.8 Å². The Kier molecular flexibility index (Phi) is 6.74. The van der Waals surface area contributed by atoms with E-state index >= 15 is 0 Å². The molecule has 0 radical (unpaired) electrons. The second-order valence-electron chi connectivity index (χ2n) is 6.03. The molecule has 1 amide bonds. The Morgan fingerprint density at radius 3 is 2.72 bits per heavy atom. The van der Waals surface area contributed by atoms with Crippen LogP contribution in [0.2, 0.25) is 0 Å². The molecule has 2 aromatic carbocycles. The fraction of sp³-hybridized carbons (Fsp3) is 0.136. The van der Waals surface area contributed by atoms with E-state index in [-0.39, 0.29) is 5.57 Å². The predicted molar refractivity (Wildman–Crippen MR) is 113 cm³/mol. The van der Waals surface area contributed by atoms with E-state index in [2.05, 4.69) is 10.3 Å². The first kappa shape index (κ1) is 20.3. The SMILES string of the molecule is COCc1cc(C=C(C#N)C(=O)Nc2nc(-c3ccccc3)cs2)ccc1OC. The molecule has 0 saturated heterocycles. The summed E-state index contributed by atoms with van der Waals surface area (Å²) in [6.07, 6.45) is 1.53. The van der Waals surface area contributed by atoms with Crippen molar-refractivity contribution in [1.29, 1.82) is 5.26 Å². The summed E-state index contributed by atoms with van der Waals surface area (Å²) in [5, 5.41) is 14.4. The van der Waals surface area contributed by atoms with Gasteiger partial charge in [0.2, 0.25) is 0 Å². The average Bonchev–Trinajstić information content (AvgIpc) is 3.21. The Morgan fingerprint density at radius 1 is 1.24 bits per heavy atom. The van der Waals surface area contributed by atoms with Crippen LogP contribution in [0.3, 0.4) is 0 Å². The van der Waals surface area contributed by atoms with Gasteiger partial charge < -0.3 is 9.47 Å². The van der Waals surface area contributed by atoms with Crippen molar-refractivity contribution in [2.24, 2.45) is 0 Å². The van der Waals surface area contributed by atoms with Crippen LogP contribution in [0.4, 0.5) is 5.13 Å². The van der Waals surface area contributed by atoms with Gasteiger partial charge in [0.05, 0.1) is 19.4 Å². The van der Waals surface area contributed by atoms with Crippen molar-refractivity contribution in [3.8, 4) is 23.1 Å². The highest BCUT2D eigenvalue weighted by molar-refractivity contribution is 7.14. The number of nitrogens with one attached hydrogen (secondary N) is 1. The summed E-state index contributed by atoms with van der Waals surface area (Å²) in [4.78, 5) is 17.0. The Labute approximate surface area is 173 Å². The van der Waals surface area contributed by atoms with Gasteiger partial charge in [-0.15, -0.1) is 11.3 Å². The first-order chi connectivity index (χ1) is 14.1. The largest absolute Gasteiger partial charge is 0.496 e. The van der Waals surface area contributed by atoms with Crippen molar-refractivity contribution in [3.63, 3.8) is 0 Å². The van der Waals surface area contributed by atoms with Crippen LogP contribution in [0.1, 0.15) is 11.1 Å². The van der Waals surface area contributed by atoms with Crippen molar-refractivity contribution in [3.05, 3.63) is 70.6 Å². The number of carbonyl (C=O) groups excluding carboxylic acids is 1. The molecule has 0 aliphatic carbocycles. The maximum Gasteiger partial charge on any atom is 0.268 e. The summed E-state index contributed by atoms with van der Waals surface area (Å²) in [6, 6.07) is 17.0. The van der Waals surface area contributed by atoms with Crippen LogP contribution in [0.5, 0.6) is 5.75 Å². The highest BCUT2D eigenvalue weighted by atomic mass is 32.1. The van der Waals surface area contributed by atoms with Crippen molar-refractivity contribution < 1.29 is 14.3 Å². The molecule has 0 saturated carbocycles. The maximum atomic E-state index is 12.5. The Morgan fingerprint density at radius 2 is 2.03 bits per heavy atom. The summed E-state index contributed by atoms with van der Waals surface area (Å²) >= 11 is 1.31. The number of nitrogens with zero attached hydrogens (tertiary/aromatic N) is 2. The second kappa shape index (κ2) is 9.64. The highest BCUT2D eigenvalue weighted by Crippen LogP contribution is 2.25. The molecule has 0 aliphatic rings. The number of carbonyl (C=O) groups is 1. The molecule has 146 valence electrons. The van der Waals surface area contributed by atoms with E-state index in [0.29, 0.717) is 23.1 Å². The van der Waals surface area contributed by atoms with Crippen molar-refractivity contribution in [2.45, 2.75) is 6.61 Å². The number of amides is 1. The minimum atomic E-state index is -0.509. The van der Waals surface area contributed by atoms with Crippen LogP contribution < -0.4 is 10.1 Å². The van der Waals surface area contributed by atoms with E-state index in [4.69, 9.17) is 9.47 Å². The lowest BCUT2D eigenvalue weighted by Crippen LogP contribution is -2.13. The standard InChI is InChI=1S/C22H19N3O3S/c1-27-13-18-11-15(8-9-20(18)28-2)10-17(12-23)21(26)25-22-24-19(14-29-22)16-6-4-3-5-7-16/h3-11,14H,13H2,1-2H3,(H,24,25,26). The van der Waals surface area contributed by atoms with E-state index < -0.39 is 5.91 Å². The fourth-order valence-electron chi connectivity index (χ4n) is 2.71.